The van der Waals surface area contributed by atoms with Gasteiger partial charge >= 0.3 is 5.97 Å². The van der Waals surface area contributed by atoms with Gasteiger partial charge in [0.25, 0.3) is 0 Å². The maximum Gasteiger partial charge on any atom is 0.317 e. The number of nitrogens with zero attached hydrogens (tertiary/aromatic N) is 1. The Morgan fingerprint density at radius 3 is 2.58 bits per heavy atom. The average Bonchev–Trinajstić information content (AvgIpc) is 3.65. The minimum Gasteiger partial charge on any atom is -0.455 e. The van der Waals surface area contributed by atoms with Crippen LogP contribution in [0.15, 0.2) is 66.9 Å². The van der Waals surface area contributed by atoms with Gasteiger partial charge in [0.05, 0.1) is 10.9 Å². The van der Waals surface area contributed by atoms with Crippen LogP contribution in [0.3, 0.4) is 0 Å². The molecule has 4 heteroatoms. The molecule has 4 nitrogen and oxygen atoms in total. The second-order valence-electron chi connectivity index (χ2n) is 9.06. The van der Waals surface area contributed by atoms with Gasteiger partial charge in [-0.1, -0.05) is 61.9 Å². The topological polar surface area (TPSA) is 51.2 Å². The molecular weight excluding hydrogens is 384 g/mol. The van der Waals surface area contributed by atoms with Crippen molar-refractivity contribution in [2.45, 2.75) is 56.6 Å². The number of para-hydroxylation sites is 1. The highest BCUT2D eigenvalue weighted by atomic mass is 16.5. The van der Waals surface area contributed by atoms with Gasteiger partial charge in [-0.05, 0) is 55.8 Å². The third-order valence-electron chi connectivity index (χ3n) is 7.19. The fourth-order valence-electron chi connectivity index (χ4n) is 4.99. The van der Waals surface area contributed by atoms with Crippen molar-refractivity contribution in [1.29, 1.82) is 0 Å². The molecule has 1 saturated carbocycles. The lowest BCUT2D eigenvalue weighted by molar-refractivity contribution is -0.154. The predicted molar refractivity (Wildman–Crippen MR) is 123 cm³/mol. The predicted octanol–water partition coefficient (Wildman–Crippen LogP) is 5.33. The zero-order valence-electron chi connectivity index (χ0n) is 18.1. The number of carbonyl (C=O) groups is 1. The van der Waals surface area contributed by atoms with Crippen LogP contribution in [0.4, 0.5) is 0 Å². The van der Waals surface area contributed by atoms with Crippen molar-refractivity contribution in [3.05, 3.63) is 78.0 Å². The third-order valence-corrected chi connectivity index (χ3v) is 7.19. The Kier molecular flexibility index (Phi) is 5.49. The van der Waals surface area contributed by atoms with Crippen LogP contribution < -0.4 is 5.32 Å². The Morgan fingerprint density at radius 2 is 1.87 bits per heavy atom. The van der Waals surface area contributed by atoms with Crippen LogP contribution in [-0.2, 0) is 14.9 Å². The van der Waals surface area contributed by atoms with E-state index in [1.54, 1.807) is 0 Å². The van der Waals surface area contributed by atoms with Crippen LogP contribution in [0.5, 0.6) is 0 Å². The maximum absolute atomic E-state index is 13.5. The SMILES string of the molecule is CCC1CCC(C(OC(=O)C2(c3ccccc3)CC2)c2ccnc3ccccc23)NC1. The van der Waals surface area contributed by atoms with E-state index in [2.05, 4.69) is 35.4 Å². The number of pyridine rings is 1. The van der Waals surface area contributed by atoms with Gasteiger partial charge in [0, 0.05) is 23.2 Å². The van der Waals surface area contributed by atoms with Gasteiger partial charge in [-0.2, -0.15) is 0 Å². The van der Waals surface area contributed by atoms with E-state index in [9.17, 15) is 4.79 Å². The van der Waals surface area contributed by atoms with E-state index in [1.165, 1.54) is 6.42 Å². The quantitative estimate of drug-likeness (QED) is 0.554. The van der Waals surface area contributed by atoms with Crippen LogP contribution in [0.1, 0.15) is 56.3 Å². The first-order chi connectivity index (χ1) is 15.2. The van der Waals surface area contributed by atoms with Crippen LogP contribution in [0, 0.1) is 5.92 Å². The van der Waals surface area contributed by atoms with E-state index in [1.807, 2.05) is 48.7 Å². The number of aromatic nitrogens is 1. The molecule has 3 aromatic rings. The van der Waals surface area contributed by atoms with Gasteiger partial charge in [-0.3, -0.25) is 9.78 Å². The van der Waals surface area contributed by atoms with Crippen molar-refractivity contribution in [2.24, 2.45) is 5.92 Å². The molecule has 160 valence electrons. The first-order valence-corrected chi connectivity index (χ1v) is 11.5. The standard InChI is InChI=1S/C27H30N2O2/c1-2-19-12-13-24(29-18-19)25(22-14-17-28-23-11-7-6-10-21(22)23)31-26(30)27(15-16-27)20-8-4-3-5-9-20/h3-11,14,17,19,24-25,29H,2,12-13,15-16,18H2,1H3. The minimum atomic E-state index is -0.483. The zero-order valence-corrected chi connectivity index (χ0v) is 18.1. The number of benzene rings is 2. The molecule has 2 heterocycles. The van der Waals surface area contributed by atoms with Gasteiger partial charge in [-0.25, -0.2) is 0 Å². The molecular formula is C27H30N2O2. The van der Waals surface area contributed by atoms with Crippen LogP contribution in [0.25, 0.3) is 10.9 Å². The first kappa shape index (κ1) is 20.2. The van der Waals surface area contributed by atoms with E-state index in [4.69, 9.17) is 4.74 Å². The van der Waals surface area contributed by atoms with Crippen molar-refractivity contribution in [3.63, 3.8) is 0 Å². The molecule has 0 spiro atoms. The van der Waals surface area contributed by atoms with Crippen molar-refractivity contribution >= 4 is 16.9 Å². The largest absolute Gasteiger partial charge is 0.455 e. The summed E-state index contributed by atoms with van der Waals surface area (Å²) in [6.45, 7) is 3.22. The molecule has 3 unspecified atom stereocenters. The molecule has 2 aromatic carbocycles. The smallest absolute Gasteiger partial charge is 0.317 e. The molecule has 3 atom stereocenters. The molecule has 0 radical (unpaired) electrons. The summed E-state index contributed by atoms with van der Waals surface area (Å²) in [5, 5.41) is 4.76. The van der Waals surface area contributed by atoms with Crippen LogP contribution in [0.2, 0.25) is 0 Å². The Hall–Kier alpha value is -2.72. The summed E-state index contributed by atoms with van der Waals surface area (Å²) < 4.78 is 6.41. The van der Waals surface area contributed by atoms with Gasteiger partial charge in [0.15, 0.2) is 0 Å². The summed E-state index contributed by atoms with van der Waals surface area (Å²) in [5.41, 5.74) is 2.58. The average molecular weight is 415 g/mol. The number of fused-ring (bicyclic) bond motifs is 1. The fraction of sp³-hybridized carbons (Fsp3) is 0.407. The number of ether oxygens (including phenoxy) is 1. The number of carbonyl (C=O) groups excluding carboxylic acids is 1. The molecule has 1 aliphatic carbocycles. The lowest BCUT2D eigenvalue weighted by atomic mass is 9.87. The van der Waals surface area contributed by atoms with Crippen molar-refractivity contribution in [2.75, 3.05) is 6.54 Å². The van der Waals surface area contributed by atoms with E-state index < -0.39 is 5.41 Å². The summed E-state index contributed by atoms with van der Waals surface area (Å²) in [7, 11) is 0. The number of hydrogen-bond acceptors (Lipinski definition) is 4. The molecule has 31 heavy (non-hydrogen) atoms. The van der Waals surface area contributed by atoms with Crippen molar-refractivity contribution < 1.29 is 9.53 Å². The second kappa shape index (κ2) is 8.43. The van der Waals surface area contributed by atoms with Gasteiger partial charge < -0.3 is 10.1 Å². The molecule has 0 bridgehead atoms. The summed E-state index contributed by atoms with van der Waals surface area (Å²) in [5.74, 6) is 0.602. The molecule has 2 fully saturated rings. The molecule has 1 saturated heterocycles. The summed E-state index contributed by atoms with van der Waals surface area (Å²) in [6.07, 6.45) is 6.57. The lowest BCUT2D eigenvalue weighted by Gasteiger charge is -2.35. The number of hydrogen-bond donors (Lipinski definition) is 1. The Balaban J connectivity index is 1.48. The van der Waals surface area contributed by atoms with E-state index >= 15 is 0 Å². The van der Waals surface area contributed by atoms with Crippen molar-refractivity contribution in [1.82, 2.24) is 10.3 Å². The van der Waals surface area contributed by atoms with Crippen LogP contribution in [-0.4, -0.2) is 23.5 Å². The molecule has 1 aromatic heterocycles. The molecule has 1 N–H and O–H groups in total. The summed E-state index contributed by atoms with van der Waals surface area (Å²) in [6, 6.07) is 20.4. The number of nitrogens with one attached hydrogen (secondary N) is 1. The highest BCUT2D eigenvalue weighted by Crippen LogP contribution is 2.50. The maximum atomic E-state index is 13.5. The monoisotopic (exact) mass is 414 g/mol. The molecule has 0 amide bonds. The van der Waals surface area contributed by atoms with Gasteiger partial charge in [-0.15, -0.1) is 0 Å². The van der Waals surface area contributed by atoms with E-state index in [0.29, 0.717) is 5.92 Å². The molecule has 1 aliphatic heterocycles. The molecule has 2 aliphatic rings. The van der Waals surface area contributed by atoms with Crippen molar-refractivity contribution in [3.8, 4) is 0 Å². The normalized spacial score (nSPS) is 23.3. The Morgan fingerprint density at radius 1 is 1.10 bits per heavy atom. The lowest BCUT2D eigenvalue weighted by Crippen LogP contribution is -2.44. The third kappa shape index (κ3) is 3.85. The highest BCUT2D eigenvalue weighted by molar-refractivity contribution is 5.88. The zero-order chi connectivity index (χ0) is 21.3. The summed E-state index contributed by atoms with van der Waals surface area (Å²) >= 11 is 0. The van der Waals surface area contributed by atoms with Gasteiger partial charge in [0.2, 0.25) is 0 Å². The second-order valence-corrected chi connectivity index (χ2v) is 9.06. The number of piperidine rings is 1. The Labute approximate surface area is 184 Å². The number of esters is 1. The molecule has 5 rings (SSSR count). The van der Waals surface area contributed by atoms with E-state index in [0.717, 1.165) is 54.3 Å². The minimum absolute atomic E-state index is 0.0935. The number of rotatable bonds is 6. The van der Waals surface area contributed by atoms with E-state index in [-0.39, 0.29) is 18.1 Å². The fourth-order valence-corrected chi connectivity index (χ4v) is 4.99. The first-order valence-electron chi connectivity index (χ1n) is 11.5. The summed E-state index contributed by atoms with van der Waals surface area (Å²) in [4.78, 5) is 18.1. The van der Waals surface area contributed by atoms with Crippen LogP contribution >= 0.6 is 0 Å². The van der Waals surface area contributed by atoms with Gasteiger partial charge in [0.1, 0.15) is 6.10 Å². The Bertz CT molecular complexity index is 1050. The highest BCUT2D eigenvalue weighted by Gasteiger charge is 2.53.